The topological polar surface area (TPSA) is 74.5 Å². The van der Waals surface area contributed by atoms with Gasteiger partial charge in [0, 0.05) is 44.0 Å². The van der Waals surface area contributed by atoms with Crippen LogP contribution >= 0.6 is 23.6 Å². The molecule has 0 amide bonds. The van der Waals surface area contributed by atoms with Crippen molar-refractivity contribution in [3.63, 3.8) is 0 Å². The van der Waals surface area contributed by atoms with Crippen LogP contribution in [0.2, 0.25) is 0 Å². The van der Waals surface area contributed by atoms with E-state index >= 15 is 0 Å². The standard InChI is InChI=1S/C18H16FN5O2S2/c19-12-1-3-13(4-2-12)22-7-9-23(10-8-22)18(27)21-17-20-15-6-5-14(24(25)26)11-16(15)28-17/h1-6,11H,7-10H2,(H,20,21,27). The van der Waals surface area contributed by atoms with Gasteiger partial charge in [-0.3, -0.25) is 10.1 Å². The predicted octanol–water partition coefficient (Wildman–Crippen LogP) is 3.86. The predicted molar refractivity (Wildman–Crippen MR) is 113 cm³/mol. The number of rotatable bonds is 3. The Balaban J connectivity index is 1.38. The number of benzene rings is 2. The van der Waals surface area contributed by atoms with Gasteiger partial charge in [-0.15, -0.1) is 0 Å². The van der Waals surface area contributed by atoms with Crippen molar-refractivity contribution in [3.8, 4) is 0 Å². The fourth-order valence-electron chi connectivity index (χ4n) is 3.07. The molecular formula is C18H16FN5O2S2. The molecule has 0 radical (unpaired) electrons. The number of nitrogens with one attached hydrogen (secondary N) is 1. The highest BCUT2D eigenvalue weighted by molar-refractivity contribution is 7.80. The average molecular weight is 417 g/mol. The second kappa shape index (κ2) is 7.64. The Bertz CT molecular complexity index is 1030. The van der Waals surface area contributed by atoms with Crippen LogP contribution in [0.25, 0.3) is 10.2 Å². The monoisotopic (exact) mass is 417 g/mol. The maximum Gasteiger partial charge on any atom is 0.270 e. The van der Waals surface area contributed by atoms with Crippen molar-refractivity contribution >= 4 is 55.4 Å². The number of thiazole rings is 1. The molecule has 28 heavy (non-hydrogen) atoms. The zero-order valence-electron chi connectivity index (χ0n) is 14.7. The largest absolute Gasteiger partial charge is 0.368 e. The quantitative estimate of drug-likeness (QED) is 0.394. The van der Waals surface area contributed by atoms with Crippen LogP contribution in [0.4, 0.5) is 20.9 Å². The van der Waals surface area contributed by atoms with E-state index < -0.39 is 4.92 Å². The summed E-state index contributed by atoms with van der Waals surface area (Å²) in [6, 6.07) is 11.1. The van der Waals surface area contributed by atoms with Gasteiger partial charge >= 0.3 is 0 Å². The summed E-state index contributed by atoms with van der Waals surface area (Å²) in [6.45, 7) is 3.03. The molecule has 1 aliphatic rings. The van der Waals surface area contributed by atoms with Crippen LogP contribution in [-0.2, 0) is 0 Å². The highest BCUT2D eigenvalue weighted by atomic mass is 32.1. The van der Waals surface area contributed by atoms with Crippen molar-refractivity contribution in [2.24, 2.45) is 0 Å². The first-order valence-electron chi connectivity index (χ1n) is 8.61. The molecule has 1 aliphatic heterocycles. The van der Waals surface area contributed by atoms with E-state index in [-0.39, 0.29) is 11.5 Å². The molecule has 2 heterocycles. The fraction of sp³-hybridized carbons (Fsp3) is 0.222. The Morgan fingerprint density at radius 2 is 1.89 bits per heavy atom. The van der Waals surface area contributed by atoms with Crippen LogP contribution in [0.15, 0.2) is 42.5 Å². The van der Waals surface area contributed by atoms with E-state index in [0.29, 0.717) is 15.8 Å². The van der Waals surface area contributed by atoms with Gasteiger partial charge in [0.1, 0.15) is 5.82 Å². The lowest BCUT2D eigenvalue weighted by molar-refractivity contribution is -0.384. The van der Waals surface area contributed by atoms with E-state index in [1.54, 1.807) is 18.2 Å². The number of nitro groups is 1. The fourth-order valence-corrected chi connectivity index (χ4v) is 4.31. The third-order valence-corrected chi connectivity index (χ3v) is 5.85. The van der Waals surface area contributed by atoms with Crippen molar-refractivity contribution in [2.45, 2.75) is 0 Å². The zero-order valence-corrected chi connectivity index (χ0v) is 16.3. The Kier molecular flexibility index (Phi) is 5.05. The molecular weight excluding hydrogens is 401 g/mol. The molecule has 1 saturated heterocycles. The zero-order chi connectivity index (χ0) is 19.7. The maximum absolute atomic E-state index is 13.1. The van der Waals surface area contributed by atoms with Crippen LogP contribution in [0.1, 0.15) is 0 Å². The lowest BCUT2D eigenvalue weighted by Gasteiger charge is -2.37. The number of thiocarbonyl (C=S) groups is 1. The van der Waals surface area contributed by atoms with Gasteiger partial charge in [-0.25, -0.2) is 9.37 Å². The first kappa shape index (κ1) is 18.5. The Hall–Kier alpha value is -2.85. The summed E-state index contributed by atoms with van der Waals surface area (Å²) in [5.41, 5.74) is 1.73. The number of nitrogens with zero attached hydrogens (tertiary/aromatic N) is 4. The molecule has 7 nitrogen and oxygen atoms in total. The number of nitro benzene ring substituents is 1. The highest BCUT2D eigenvalue weighted by Gasteiger charge is 2.20. The number of hydrogen-bond acceptors (Lipinski definition) is 6. The van der Waals surface area contributed by atoms with Crippen molar-refractivity contribution in [1.82, 2.24) is 9.88 Å². The molecule has 0 spiro atoms. The second-order valence-electron chi connectivity index (χ2n) is 6.31. The normalized spacial score (nSPS) is 14.3. The van der Waals surface area contributed by atoms with Gasteiger partial charge in [-0.05, 0) is 42.5 Å². The minimum absolute atomic E-state index is 0.0437. The molecule has 10 heteroatoms. The van der Waals surface area contributed by atoms with Gasteiger partial charge in [0.05, 0.1) is 15.1 Å². The molecule has 0 atom stereocenters. The number of aromatic nitrogens is 1. The Morgan fingerprint density at radius 1 is 1.18 bits per heavy atom. The van der Waals surface area contributed by atoms with Gasteiger partial charge in [0.25, 0.3) is 5.69 Å². The number of fused-ring (bicyclic) bond motifs is 1. The van der Waals surface area contributed by atoms with E-state index in [1.807, 2.05) is 0 Å². The van der Waals surface area contributed by atoms with Crippen molar-refractivity contribution < 1.29 is 9.31 Å². The number of anilines is 2. The molecule has 3 aromatic rings. The number of piperazine rings is 1. The van der Waals surface area contributed by atoms with E-state index in [2.05, 4.69) is 20.1 Å². The summed E-state index contributed by atoms with van der Waals surface area (Å²) in [7, 11) is 0. The van der Waals surface area contributed by atoms with Crippen LogP contribution in [-0.4, -0.2) is 46.1 Å². The summed E-state index contributed by atoms with van der Waals surface area (Å²) in [6.07, 6.45) is 0. The van der Waals surface area contributed by atoms with Gasteiger partial charge < -0.3 is 15.1 Å². The molecule has 0 saturated carbocycles. The molecule has 1 fully saturated rings. The van der Waals surface area contributed by atoms with Crippen LogP contribution in [0, 0.1) is 15.9 Å². The SMILES string of the molecule is O=[N+]([O-])c1ccc2nc(NC(=S)N3CCN(c4ccc(F)cc4)CC3)sc2c1. The molecule has 144 valence electrons. The Labute approximate surface area is 169 Å². The van der Waals surface area contributed by atoms with E-state index in [4.69, 9.17) is 12.2 Å². The summed E-state index contributed by atoms with van der Waals surface area (Å²) in [5, 5.41) is 15.2. The number of hydrogen-bond donors (Lipinski definition) is 1. The van der Waals surface area contributed by atoms with Gasteiger partial charge in [0.2, 0.25) is 0 Å². The number of halogens is 1. The lowest BCUT2D eigenvalue weighted by Crippen LogP contribution is -2.50. The molecule has 1 aromatic heterocycles. The van der Waals surface area contributed by atoms with Crippen LogP contribution < -0.4 is 10.2 Å². The minimum atomic E-state index is -0.419. The van der Waals surface area contributed by atoms with Gasteiger partial charge in [-0.1, -0.05) is 11.3 Å². The third kappa shape index (κ3) is 3.87. The van der Waals surface area contributed by atoms with Gasteiger partial charge in [-0.2, -0.15) is 0 Å². The van der Waals surface area contributed by atoms with E-state index in [1.165, 1.54) is 35.6 Å². The summed E-state index contributed by atoms with van der Waals surface area (Å²) in [4.78, 5) is 19.2. The van der Waals surface area contributed by atoms with Crippen molar-refractivity contribution in [3.05, 3.63) is 58.4 Å². The minimum Gasteiger partial charge on any atom is -0.368 e. The smallest absolute Gasteiger partial charge is 0.270 e. The molecule has 0 bridgehead atoms. The van der Waals surface area contributed by atoms with E-state index in [9.17, 15) is 14.5 Å². The molecule has 2 aromatic carbocycles. The molecule has 1 N–H and O–H groups in total. The molecule has 4 rings (SSSR count). The summed E-state index contributed by atoms with van der Waals surface area (Å²) >= 11 is 6.84. The highest BCUT2D eigenvalue weighted by Crippen LogP contribution is 2.29. The maximum atomic E-state index is 13.1. The average Bonchev–Trinajstić information content (AvgIpc) is 3.10. The summed E-state index contributed by atoms with van der Waals surface area (Å²) < 4.78 is 13.8. The van der Waals surface area contributed by atoms with Crippen molar-refractivity contribution in [1.29, 1.82) is 0 Å². The van der Waals surface area contributed by atoms with Crippen molar-refractivity contribution in [2.75, 3.05) is 36.4 Å². The lowest BCUT2D eigenvalue weighted by atomic mass is 10.2. The summed E-state index contributed by atoms with van der Waals surface area (Å²) in [5.74, 6) is -0.242. The Morgan fingerprint density at radius 3 is 2.57 bits per heavy atom. The third-order valence-electron chi connectivity index (χ3n) is 4.56. The first-order chi connectivity index (χ1) is 13.5. The van der Waals surface area contributed by atoms with E-state index in [0.717, 1.165) is 36.6 Å². The first-order valence-corrected chi connectivity index (χ1v) is 9.83. The van der Waals surface area contributed by atoms with Crippen LogP contribution in [0.3, 0.4) is 0 Å². The van der Waals surface area contributed by atoms with Crippen LogP contribution in [0.5, 0.6) is 0 Å². The number of non-ortho nitro benzene ring substituents is 1. The second-order valence-corrected chi connectivity index (χ2v) is 7.73. The molecule has 0 aliphatic carbocycles. The molecule has 0 unspecified atom stereocenters. The van der Waals surface area contributed by atoms with Gasteiger partial charge in [0.15, 0.2) is 10.2 Å².